The number of aryl methyl sites for hydroxylation is 2. The standard InChI is InChI=1S/C25H25N5/c1-3-9-20(10-4-1)15-18-30-25(26-27-28-30)24(22-12-5-2-6-13-22)29-17-16-21-11-7-8-14-23(21)19-29/h1-14,24H,15-19H2/p+1/t24-/m0/s1. The van der Waals surface area contributed by atoms with Crippen molar-refractivity contribution in [2.24, 2.45) is 0 Å². The molecule has 4 aromatic rings. The molecule has 1 unspecified atom stereocenters. The van der Waals surface area contributed by atoms with Gasteiger partial charge in [0.05, 0.1) is 6.54 Å². The summed E-state index contributed by atoms with van der Waals surface area (Å²) in [5.41, 5.74) is 5.47. The van der Waals surface area contributed by atoms with Crippen LogP contribution in [0.1, 0.15) is 34.1 Å². The minimum atomic E-state index is 0.116. The SMILES string of the molecule is c1ccc(CCn2nnnc2[C@H](c2ccccc2)[NH+]2CCc3ccccc3C2)cc1. The predicted octanol–water partition coefficient (Wildman–Crippen LogP) is 2.65. The van der Waals surface area contributed by atoms with Crippen molar-refractivity contribution in [3.63, 3.8) is 0 Å². The quantitative estimate of drug-likeness (QED) is 0.545. The molecule has 0 bridgehead atoms. The molecule has 5 nitrogen and oxygen atoms in total. The number of benzene rings is 3. The molecule has 30 heavy (non-hydrogen) atoms. The summed E-state index contributed by atoms with van der Waals surface area (Å²) in [5.74, 6) is 0.950. The van der Waals surface area contributed by atoms with Gasteiger partial charge in [-0.05, 0) is 28.0 Å². The van der Waals surface area contributed by atoms with Crippen molar-refractivity contribution in [3.8, 4) is 0 Å². The number of aromatic nitrogens is 4. The lowest BCUT2D eigenvalue weighted by Gasteiger charge is -2.32. The second kappa shape index (κ2) is 8.59. The Morgan fingerprint density at radius 1 is 0.833 bits per heavy atom. The van der Waals surface area contributed by atoms with E-state index in [4.69, 9.17) is 0 Å². The van der Waals surface area contributed by atoms with Crippen molar-refractivity contribution in [1.29, 1.82) is 0 Å². The molecular formula is C25H26N5+. The van der Waals surface area contributed by atoms with Gasteiger partial charge in [-0.2, -0.15) is 0 Å². The van der Waals surface area contributed by atoms with Crippen LogP contribution in [-0.4, -0.2) is 26.8 Å². The lowest BCUT2D eigenvalue weighted by Crippen LogP contribution is -3.12. The molecule has 0 fully saturated rings. The summed E-state index contributed by atoms with van der Waals surface area (Å²) in [5, 5.41) is 12.9. The van der Waals surface area contributed by atoms with Crippen LogP contribution < -0.4 is 4.90 Å². The highest BCUT2D eigenvalue weighted by Crippen LogP contribution is 2.20. The van der Waals surface area contributed by atoms with Crippen molar-refractivity contribution in [2.45, 2.75) is 32.0 Å². The second-order valence-corrected chi connectivity index (χ2v) is 7.94. The summed E-state index contributed by atoms with van der Waals surface area (Å²) >= 11 is 0. The number of tetrazole rings is 1. The first kappa shape index (κ1) is 18.7. The number of rotatable bonds is 6. The van der Waals surface area contributed by atoms with E-state index in [2.05, 4.69) is 100 Å². The Hall–Kier alpha value is -3.31. The predicted molar refractivity (Wildman–Crippen MR) is 116 cm³/mol. The molecule has 1 aromatic heterocycles. The molecule has 3 aromatic carbocycles. The molecule has 1 aliphatic heterocycles. The number of fused-ring (bicyclic) bond motifs is 1. The maximum absolute atomic E-state index is 4.52. The Labute approximate surface area is 177 Å². The molecule has 1 N–H and O–H groups in total. The van der Waals surface area contributed by atoms with Gasteiger partial charge in [0.2, 0.25) is 5.82 Å². The van der Waals surface area contributed by atoms with Gasteiger partial charge < -0.3 is 4.90 Å². The zero-order valence-electron chi connectivity index (χ0n) is 17.0. The van der Waals surface area contributed by atoms with Gasteiger partial charge in [0.15, 0.2) is 6.04 Å². The van der Waals surface area contributed by atoms with Crippen molar-refractivity contribution in [3.05, 3.63) is 113 Å². The van der Waals surface area contributed by atoms with E-state index in [0.717, 1.165) is 38.3 Å². The first-order chi connectivity index (χ1) is 14.9. The van der Waals surface area contributed by atoms with Gasteiger partial charge >= 0.3 is 0 Å². The molecule has 150 valence electrons. The third-order valence-electron chi connectivity index (χ3n) is 6.07. The van der Waals surface area contributed by atoms with Crippen LogP contribution in [0.2, 0.25) is 0 Å². The topological polar surface area (TPSA) is 48.0 Å². The van der Waals surface area contributed by atoms with Crippen LogP contribution >= 0.6 is 0 Å². The van der Waals surface area contributed by atoms with Crippen LogP contribution in [-0.2, 0) is 25.9 Å². The third-order valence-corrected chi connectivity index (χ3v) is 6.07. The van der Waals surface area contributed by atoms with Crippen LogP contribution in [0.4, 0.5) is 0 Å². The maximum Gasteiger partial charge on any atom is 0.214 e. The fraction of sp³-hybridized carbons (Fsp3) is 0.240. The van der Waals surface area contributed by atoms with Crippen LogP contribution in [0.5, 0.6) is 0 Å². The van der Waals surface area contributed by atoms with Crippen LogP contribution in [0, 0.1) is 0 Å². The van der Waals surface area contributed by atoms with Crippen LogP contribution in [0.25, 0.3) is 0 Å². The first-order valence-electron chi connectivity index (χ1n) is 10.6. The van der Waals surface area contributed by atoms with Gasteiger partial charge in [0.1, 0.15) is 6.54 Å². The van der Waals surface area contributed by atoms with Crippen LogP contribution in [0.3, 0.4) is 0 Å². The lowest BCUT2D eigenvalue weighted by molar-refractivity contribution is -0.941. The summed E-state index contributed by atoms with van der Waals surface area (Å²) < 4.78 is 2.00. The van der Waals surface area contributed by atoms with E-state index >= 15 is 0 Å². The molecule has 0 saturated heterocycles. The minimum Gasteiger partial charge on any atom is -0.318 e. The minimum absolute atomic E-state index is 0.116. The first-order valence-corrected chi connectivity index (χ1v) is 10.6. The molecule has 0 aliphatic carbocycles. The van der Waals surface area contributed by atoms with Crippen molar-refractivity contribution < 1.29 is 4.90 Å². The fourth-order valence-corrected chi connectivity index (χ4v) is 4.52. The highest BCUT2D eigenvalue weighted by molar-refractivity contribution is 5.28. The molecular weight excluding hydrogens is 370 g/mol. The highest BCUT2D eigenvalue weighted by atomic mass is 15.5. The molecule has 0 amide bonds. The van der Waals surface area contributed by atoms with E-state index in [9.17, 15) is 0 Å². The molecule has 0 radical (unpaired) electrons. The van der Waals surface area contributed by atoms with Crippen molar-refractivity contribution >= 4 is 0 Å². The molecule has 0 saturated carbocycles. The third kappa shape index (κ3) is 3.89. The summed E-state index contributed by atoms with van der Waals surface area (Å²) in [6.07, 6.45) is 2.00. The van der Waals surface area contributed by atoms with Gasteiger partial charge in [-0.1, -0.05) is 84.9 Å². The Balaban J connectivity index is 1.46. The number of hydrogen-bond donors (Lipinski definition) is 1. The maximum atomic E-state index is 4.52. The van der Waals surface area contributed by atoms with Gasteiger partial charge in [0.25, 0.3) is 0 Å². The molecule has 2 atom stereocenters. The van der Waals surface area contributed by atoms with E-state index in [0.29, 0.717) is 0 Å². The zero-order chi connectivity index (χ0) is 20.2. The van der Waals surface area contributed by atoms with E-state index in [1.807, 2.05) is 4.68 Å². The second-order valence-electron chi connectivity index (χ2n) is 7.94. The fourth-order valence-electron chi connectivity index (χ4n) is 4.52. The Morgan fingerprint density at radius 3 is 2.33 bits per heavy atom. The zero-order valence-corrected chi connectivity index (χ0v) is 17.0. The average Bonchev–Trinajstić information content (AvgIpc) is 3.27. The number of hydrogen-bond acceptors (Lipinski definition) is 3. The van der Waals surface area contributed by atoms with E-state index < -0.39 is 0 Å². The Bertz CT molecular complexity index is 1090. The monoisotopic (exact) mass is 396 g/mol. The molecule has 5 heteroatoms. The summed E-state index contributed by atoms with van der Waals surface area (Å²) in [7, 11) is 0. The van der Waals surface area contributed by atoms with E-state index in [1.54, 1.807) is 0 Å². The number of quaternary nitrogens is 1. The van der Waals surface area contributed by atoms with E-state index in [1.165, 1.54) is 27.2 Å². The van der Waals surface area contributed by atoms with Crippen molar-refractivity contribution in [2.75, 3.05) is 6.54 Å². The molecule has 5 rings (SSSR count). The largest absolute Gasteiger partial charge is 0.318 e. The number of nitrogens with one attached hydrogen (secondary N) is 1. The molecule has 1 aliphatic rings. The van der Waals surface area contributed by atoms with Gasteiger partial charge in [0, 0.05) is 24.1 Å². The summed E-state index contributed by atoms with van der Waals surface area (Å²) in [6.45, 7) is 2.84. The lowest BCUT2D eigenvalue weighted by atomic mass is 9.96. The van der Waals surface area contributed by atoms with Crippen molar-refractivity contribution in [1.82, 2.24) is 20.2 Å². The molecule has 0 spiro atoms. The Kier molecular flexibility index (Phi) is 5.36. The van der Waals surface area contributed by atoms with Crippen LogP contribution in [0.15, 0.2) is 84.9 Å². The number of nitrogens with zero attached hydrogens (tertiary/aromatic N) is 4. The highest BCUT2D eigenvalue weighted by Gasteiger charge is 2.33. The summed E-state index contributed by atoms with van der Waals surface area (Å²) in [4.78, 5) is 1.50. The normalized spacial score (nSPS) is 16.7. The summed E-state index contributed by atoms with van der Waals surface area (Å²) in [6, 6.07) is 30.1. The Morgan fingerprint density at radius 2 is 1.53 bits per heavy atom. The van der Waals surface area contributed by atoms with Gasteiger partial charge in [-0.3, -0.25) is 0 Å². The van der Waals surface area contributed by atoms with E-state index in [-0.39, 0.29) is 6.04 Å². The average molecular weight is 397 g/mol. The molecule has 2 heterocycles. The smallest absolute Gasteiger partial charge is 0.214 e. The van der Waals surface area contributed by atoms with Gasteiger partial charge in [-0.15, -0.1) is 5.10 Å². The van der Waals surface area contributed by atoms with Gasteiger partial charge in [-0.25, -0.2) is 4.68 Å².